The summed E-state index contributed by atoms with van der Waals surface area (Å²) in [5.41, 5.74) is 0. The van der Waals surface area contributed by atoms with Gasteiger partial charge in [-0.1, -0.05) is 97.8 Å². The van der Waals surface area contributed by atoms with Crippen LogP contribution in [0.5, 0.6) is 0 Å². The molecule has 0 rings (SSSR count). The molecule has 0 spiro atoms. The fraction of sp³-hybridized carbons (Fsp3) is 0.920. The summed E-state index contributed by atoms with van der Waals surface area (Å²) in [5, 5.41) is 0. The minimum absolute atomic E-state index is 0.0347. The van der Waals surface area contributed by atoms with Crippen LogP contribution >= 0.6 is 0 Å². The van der Waals surface area contributed by atoms with Crippen molar-refractivity contribution >= 4 is 11.9 Å². The highest BCUT2D eigenvalue weighted by Gasteiger charge is 2.10. The Morgan fingerprint density at radius 1 is 0.621 bits per heavy atom. The van der Waals surface area contributed by atoms with Crippen LogP contribution in [0.1, 0.15) is 130 Å². The molecular weight excluding hydrogens is 364 g/mol. The predicted molar refractivity (Wildman–Crippen MR) is 121 cm³/mol. The molecule has 0 aromatic carbocycles. The highest BCUT2D eigenvalue weighted by atomic mass is 16.5. The minimum atomic E-state index is -0.0359. The second-order valence-corrected chi connectivity index (χ2v) is 8.53. The van der Waals surface area contributed by atoms with Crippen LogP contribution in [0.3, 0.4) is 0 Å². The van der Waals surface area contributed by atoms with E-state index < -0.39 is 0 Å². The van der Waals surface area contributed by atoms with Crippen LogP contribution in [0, 0.1) is 5.92 Å². The second-order valence-electron chi connectivity index (χ2n) is 8.53. The molecule has 0 aromatic rings. The highest BCUT2D eigenvalue weighted by molar-refractivity contribution is 5.69. The van der Waals surface area contributed by atoms with Crippen molar-refractivity contribution in [1.29, 1.82) is 0 Å². The van der Waals surface area contributed by atoms with Gasteiger partial charge in [0.25, 0.3) is 0 Å². The Balaban J connectivity index is 3.38. The number of carbonyl (C=O) groups excluding carboxylic acids is 2. The lowest BCUT2D eigenvalue weighted by Gasteiger charge is -2.11. The van der Waals surface area contributed by atoms with Gasteiger partial charge in [-0.2, -0.15) is 0 Å². The van der Waals surface area contributed by atoms with E-state index in [-0.39, 0.29) is 11.9 Å². The van der Waals surface area contributed by atoms with Crippen LogP contribution in [0.2, 0.25) is 0 Å². The average Bonchev–Trinajstić information content (AvgIpc) is 2.69. The van der Waals surface area contributed by atoms with E-state index >= 15 is 0 Å². The number of unbranched alkanes of at least 4 members (excludes halogenated alkanes) is 11. The normalized spacial score (nSPS) is 12.0. The molecule has 0 saturated heterocycles. The van der Waals surface area contributed by atoms with Crippen LogP contribution in [0.15, 0.2) is 0 Å². The Morgan fingerprint density at radius 2 is 1.10 bits per heavy atom. The number of carbonyl (C=O) groups is 2. The predicted octanol–water partition coefficient (Wildman–Crippen LogP) is 7.38. The van der Waals surface area contributed by atoms with Gasteiger partial charge in [-0.3, -0.25) is 9.59 Å². The van der Waals surface area contributed by atoms with Gasteiger partial charge in [-0.05, 0) is 25.2 Å². The zero-order valence-corrected chi connectivity index (χ0v) is 19.6. The zero-order chi connectivity index (χ0) is 21.6. The lowest BCUT2D eigenvalue weighted by molar-refractivity contribution is -0.145. The lowest BCUT2D eigenvalue weighted by Crippen LogP contribution is -2.10. The maximum atomic E-state index is 11.8. The van der Waals surface area contributed by atoms with E-state index in [9.17, 15) is 9.59 Å². The van der Waals surface area contributed by atoms with Crippen molar-refractivity contribution in [3.8, 4) is 0 Å². The standard InChI is InChI=1S/C25H48O4/c1-4-6-8-16-20-28-24(26)19-15-13-11-10-12-14-18-23(3)22-25(27)29-21-17-9-7-5-2/h23H,4-22H2,1-3H3. The van der Waals surface area contributed by atoms with Crippen LogP contribution in [-0.2, 0) is 19.1 Å². The summed E-state index contributed by atoms with van der Waals surface area (Å²) in [5.74, 6) is 0.337. The van der Waals surface area contributed by atoms with Gasteiger partial charge in [0.15, 0.2) is 0 Å². The SMILES string of the molecule is CCCCCCOC(=O)CCCCCCCCC(C)CC(=O)OCCCCCC. The maximum absolute atomic E-state index is 11.8. The van der Waals surface area contributed by atoms with Gasteiger partial charge in [0.1, 0.15) is 0 Å². The molecule has 0 N–H and O–H groups in total. The minimum Gasteiger partial charge on any atom is -0.466 e. The summed E-state index contributed by atoms with van der Waals surface area (Å²) in [6.07, 6.45) is 18.2. The Hall–Kier alpha value is -1.06. The van der Waals surface area contributed by atoms with Gasteiger partial charge in [-0.25, -0.2) is 0 Å². The van der Waals surface area contributed by atoms with Crippen molar-refractivity contribution in [2.45, 2.75) is 130 Å². The van der Waals surface area contributed by atoms with Gasteiger partial charge in [0.2, 0.25) is 0 Å². The zero-order valence-electron chi connectivity index (χ0n) is 19.6. The lowest BCUT2D eigenvalue weighted by atomic mass is 9.99. The van der Waals surface area contributed by atoms with Crippen molar-refractivity contribution in [2.75, 3.05) is 13.2 Å². The smallest absolute Gasteiger partial charge is 0.306 e. The average molecular weight is 413 g/mol. The number of rotatable bonds is 21. The molecule has 0 aliphatic carbocycles. The molecule has 4 nitrogen and oxygen atoms in total. The molecule has 0 aliphatic heterocycles. The van der Waals surface area contributed by atoms with Crippen molar-refractivity contribution in [1.82, 2.24) is 0 Å². The Kier molecular flexibility index (Phi) is 20.9. The molecule has 0 amide bonds. The van der Waals surface area contributed by atoms with Gasteiger partial charge in [-0.15, -0.1) is 0 Å². The first-order chi connectivity index (χ1) is 14.1. The molecular formula is C25H48O4. The molecule has 0 saturated carbocycles. The molecule has 0 aliphatic rings. The van der Waals surface area contributed by atoms with Gasteiger partial charge in [0.05, 0.1) is 13.2 Å². The largest absolute Gasteiger partial charge is 0.466 e. The van der Waals surface area contributed by atoms with E-state index in [2.05, 4.69) is 20.8 Å². The summed E-state index contributed by atoms with van der Waals surface area (Å²) in [6.45, 7) is 7.67. The molecule has 0 radical (unpaired) electrons. The quantitative estimate of drug-likeness (QED) is 0.146. The number of esters is 2. The third kappa shape index (κ3) is 21.5. The molecule has 1 atom stereocenters. The highest BCUT2D eigenvalue weighted by Crippen LogP contribution is 2.16. The van der Waals surface area contributed by atoms with Crippen molar-refractivity contribution < 1.29 is 19.1 Å². The summed E-state index contributed by atoms with van der Waals surface area (Å²) in [4.78, 5) is 23.4. The van der Waals surface area contributed by atoms with Gasteiger partial charge < -0.3 is 9.47 Å². The third-order valence-electron chi connectivity index (χ3n) is 5.36. The van der Waals surface area contributed by atoms with E-state index in [1.54, 1.807) is 0 Å². The monoisotopic (exact) mass is 412 g/mol. The van der Waals surface area contributed by atoms with E-state index in [0.29, 0.717) is 32.0 Å². The van der Waals surface area contributed by atoms with E-state index in [1.165, 1.54) is 51.4 Å². The fourth-order valence-corrected chi connectivity index (χ4v) is 3.42. The number of ether oxygens (including phenoxy) is 2. The van der Waals surface area contributed by atoms with E-state index in [1.807, 2.05) is 0 Å². The molecule has 0 bridgehead atoms. The first-order valence-corrected chi connectivity index (χ1v) is 12.4. The molecule has 29 heavy (non-hydrogen) atoms. The van der Waals surface area contributed by atoms with Gasteiger partial charge in [0, 0.05) is 12.8 Å². The molecule has 4 heteroatoms. The van der Waals surface area contributed by atoms with Crippen LogP contribution < -0.4 is 0 Å². The van der Waals surface area contributed by atoms with Crippen molar-refractivity contribution in [2.24, 2.45) is 5.92 Å². The first kappa shape index (κ1) is 27.9. The van der Waals surface area contributed by atoms with Crippen molar-refractivity contribution in [3.63, 3.8) is 0 Å². The summed E-state index contributed by atoms with van der Waals surface area (Å²) >= 11 is 0. The fourth-order valence-electron chi connectivity index (χ4n) is 3.42. The first-order valence-electron chi connectivity index (χ1n) is 12.4. The van der Waals surface area contributed by atoms with Crippen LogP contribution in [0.25, 0.3) is 0 Å². The van der Waals surface area contributed by atoms with Gasteiger partial charge >= 0.3 is 11.9 Å². The van der Waals surface area contributed by atoms with Crippen LogP contribution in [-0.4, -0.2) is 25.2 Å². The Bertz CT molecular complexity index is 381. The molecule has 1 unspecified atom stereocenters. The third-order valence-corrected chi connectivity index (χ3v) is 5.36. The number of hydrogen-bond donors (Lipinski definition) is 0. The summed E-state index contributed by atoms with van der Waals surface area (Å²) < 4.78 is 10.6. The van der Waals surface area contributed by atoms with Crippen LogP contribution in [0.4, 0.5) is 0 Å². The molecule has 0 heterocycles. The Morgan fingerprint density at radius 3 is 1.69 bits per heavy atom. The topological polar surface area (TPSA) is 52.6 Å². The maximum Gasteiger partial charge on any atom is 0.306 e. The van der Waals surface area contributed by atoms with E-state index in [0.717, 1.165) is 44.9 Å². The molecule has 0 aromatic heterocycles. The van der Waals surface area contributed by atoms with E-state index in [4.69, 9.17) is 9.47 Å². The second kappa shape index (κ2) is 21.6. The number of hydrogen-bond acceptors (Lipinski definition) is 4. The summed E-state index contributed by atoms with van der Waals surface area (Å²) in [6, 6.07) is 0. The molecule has 0 fully saturated rings. The molecule has 172 valence electrons. The Labute approximate surface area is 180 Å². The summed E-state index contributed by atoms with van der Waals surface area (Å²) in [7, 11) is 0. The van der Waals surface area contributed by atoms with Crippen molar-refractivity contribution in [3.05, 3.63) is 0 Å².